The molecule has 0 aliphatic heterocycles. The second-order valence-electron chi connectivity index (χ2n) is 13.2. The molecule has 0 N–H and O–H groups in total. The Morgan fingerprint density at radius 2 is 0.917 bits per heavy atom. The topological polar surface area (TPSA) is 150 Å². The second-order valence-corrected chi connectivity index (χ2v) is 13.2. The summed E-state index contributed by atoms with van der Waals surface area (Å²) in [6, 6.07) is 25.5. The molecule has 0 atom stereocenters. The largest absolute Gasteiger partial charge is 0.494 e. The molecule has 0 fully saturated rings. The van der Waals surface area contributed by atoms with Gasteiger partial charge in [-0.05, 0) is 124 Å². The van der Waals surface area contributed by atoms with Crippen molar-refractivity contribution in [2.75, 3.05) is 26.4 Å². The lowest BCUT2D eigenvalue weighted by Crippen LogP contribution is -2.14. The van der Waals surface area contributed by atoms with Crippen molar-refractivity contribution in [2.24, 2.45) is 0 Å². The van der Waals surface area contributed by atoms with Crippen LogP contribution in [0.2, 0.25) is 0 Å². The zero-order valence-corrected chi connectivity index (χ0v) is 33.0. The number of hydrogen-bond acceptors (Lipinski definition) is 12. The molecular weight excluding hydrogens is 782 g/mol. The molecule has 0 heterocycles. The van der Waals surface area contributed by atoms with Gasteiger partial charge < -0.3 is 33.2 Å². The molecule has 4 aromatic rings. The van der Waals surface area contributed by atoms with Gasteiger partial charge in [-0.25, -0.2) is 24.0 Å². The summed E-state index contributed by atoms with van der Waals surface area (Å²) in [7, 11) is 0. The molecule has 0 aliphatic carbocycles. The van der Waals surface area contributed by atoms with Crippen LogP contribution in [0.25, 0.3) is 0 Å². The van der Waals surface area contributed by atoms with Crippen LogP contribution < -0.4 is 18.9 Å². The Morgan fingerprint density at radius 1 is 0.467 bits per heavy atom. The fraction of sp³-hybridized carbons (Fsp3) is 0.283. The van der Waals surface area contributed by atoms with Crippen molar-refractivity contribution in [3.8, 4) is 23.0 Å². The fourth-order valence-electron chi connectivity index (χ4n) is 5.30. The van der Waals surface area contributed by atoms with Crippen molar-refractivity contribution in [2.45, 2.75) is 58.0 Å². The predicted octanol–water partition coefficient (Wildman–Crippen LogP) is 9.41. The molecule has 4 rings (SSSR count). The predicted molar refractivity (Wildman–Crippen MR) is 215 cm³/mol. The van der Waals surface area contributed by atoms with Gasteiger partial charge in [0.2, 0.25) is 11.7 Å². The van der Waals surface area contributed by atoms with Gasteiger partial charge in [0.05, 0.1) is 37.6 Å². The molecular formula is C46H46F2O12. The molecule has 0 radical (unpaired) electrons. The zero-order chi connectivity index (χ0) is 43.1. The smallest absolute Gasteiger partial charge is 0.366 e. The van der Waals surface area contributed by atoms with E-state index < -0.39 is 41.5 Å². The molecule has 12 nitrogen and oxygen atoms in total. The maximum Gasteiger partial charge on any atom is 0.366 e. The van der Waals surface area contributed by atoms with Crippen LogP contribution in [-0.4, -0.2) is 56.3 Å². The van der Waals surface area contributed by atoms with E-state index in [4.69, 9.17) is 33.2 Å². The number of hydrogen-bond donors (Lipinski definition) is 0. The van der Waals surface area contributed by atoms with Gasteiger partial charge in [-0.15, -0.1) is 0 Å². The summed E-state index contributed by atoms with van der Waals surface area (Å²) in [6.45, 7) is 6.77. The molecule has 14 heteroatoms. The highest BCUT2D eigenvalue weighted by Crippen LogP contribution is 2.28. The van der Waals surface area contributed by atoms with E-state index in [1.54, 1.807) is 48.5 Å². The number of benzene rings is 4. The van der Waals surface area contributed by atoms with E-state index in [1.807, 2.05) is 6.07 Å². The van der Waals surface area contributed by atoms with Gasteiger partial charge >= 0.3 is 29.8 Å². The monoisotopic (exact) mass is 828 g/mol. The van der Waals surface area contributed by atoms with Crippen LogP contribution in [-0.2, 0) is 30.4 Å². The summed E-state index contributed by atoms with van der Waals surface area (Å²) in [6.07, 6.45) is 5.74. The first-order valence-electron chi connectivity index (χ1n) is 19.3. The standard InChI is InChI=1S/C46H46F2O12/c1-32(47)42(49)56-28-12-5-3-10-26-54-37-20-16-35(17-21-37)44(51)59-39-24-25-41(40(30-39)46(53)58-31-34-14-8-7-9-15-34)60-45(52)36-18-22-38(23-19-36)55-27-11-4-6-13-29-57-43(50)33(2)48/h7-9,14-25,30H,1-6,10-13,26-29,31H2. The number of esters is 5. The maximum atomic E-state index is 13.4. The summed E-state index contributed by atoms with van der Waals surface area (Å²) in [5, 5.41) is 0. The molecule has 0 bridgehead atoms. The lowest BCUT2D eigenvalue weighted by atomic mass is 10.1. The molecule has 0 saturated heterocycles. The quantitative estimate of drug-likeness (QED) is 0.0206. The Hall–Kier alpha value is -6.83. The summed E-state index contributed by atoms with van der Waals surface area (Å²) < 4.78 is 62.9. The van der Waals surface area contributed by atoms with Crippen molar-refractivity contribution in [3.63, 3.8) is 0 Å². The Labute approximate surface area is 346 Å². The lowest BCUT2D eigenvalue weighted by molar-refractivity contribution is -0.141. The first-order valence-corrected chi connectivity index (χ1v) is 19.3. The molecule has 0 unspecified atom stereocenters. The average Bonchev–Trinajstić information content (AvgIpc) is 3.25. The van der Waals surface area contributed by atoms with Crippen LogP contribution in [0.3, 0.4) is 0 Å². The molecule has 0 aliphatic rings. The minimum absolute atomic E-state index is 0.00389. The van der Waals surface area contributed by atoms with E-state index in [2.05, 4.69) is 13.2 Å². The van der Waals surface area contributed by atoms with Gasteiger partial charge in [-0.2, -0.15) is 8.78 Å². The third kappa shape index (κ3) is 16.2. The van der Waals surface area contributed by atoms with Crippen LogP contribution in [0.15, 0.2) is 122 Å². The highest BCUT2D eigenvalue weighted by atomic mass is 19.1. The molecule has 0 saturated carbocycles. The van der Waals surface area contributed by atoms with Gasteiger partial charge in [0.1, 0.15) is 35.2 Å². The first-order chi connectivity index (χ1) is 29.0. The van der Waals surface area contributed by atoms with Crippen molar-refractivity contribution in [3.05, 3.63) is 144 Å². The second kappa shape index (κ2) is 24.8. The van der Waals surface area contributed by atoms with Gasteiger partial charge in [0.25, 0.3) is 0 Å². The summed E-state index contributed by atoms with van der Waals surface area (Å²) >= 11 is 0. The molecule has 316 valence electrons. The Morgan fingerprint density at radius 3 is 1.40 bits per heavy atom. The van der Waals surface area contributed by atoms with E-state index >= 15 is 0 Å². The number of carbonyl (C=O) groups excluding carboxylic acids is 5. The number of halogens is 2. The lowest BCUT2D eigenvalue weighted by Gasteiger charge is -2.13. The summed E-state index contributed by atoms with van der Waals surface area (Å²) in [5.74, 6) is -5.68. The van der Waals surface area contributed by atoms with E-state index in [0.29, 0.717) is 37.6 Å². The first kappa shape index (κ1) is 45.9. The van der Waals surface area contributed by atoms with Crippen LogP contribution in [0.1, 0.15) is 88.0 Å². The fourth-order valence-corrected chi connectivity index (χ4v) is 5.30. The van der Waals surface area contributed by atoms with Gasteiger partial charge in [-0.3, -0.25) is 0 Å². The minimum atomic E-state index is -1.12. The maximum absolute atomic E-state index is 13.4. The normalized spacial score (nSPS) is 10.5. The third-order valence-corrected chi connectivity index (χ3v) is 8.50. The number of ether oxygens (including phenoxy) is 7. The van der Waals surface area contributed by atoms with E-state index in [-0.39, 0.29) is 48.0 Å². The van der Waals surface area contributed by atoms with Crippen LogP contribution in [0, 0.1) is 0 Å². The highest BCUT2D eigenvalue weighted by molar-refractivity contribution is 5.97. The van der Waals surface area contributed by atoms with Crippen molar-refractivity contribution >= 4 is 29.8 Å². The molecule has 0 amide bonds. The van der Waals surface area contributed by atoms with Crippen LogP contribution in [0.5, 0.6) is 23.0 Å². The zero-order valence-electron chi connectivity index (χ0n) is 33.0. The molecule has 4 aromatic carbocycles. The van der Waals surface area contributed by atoms with Gasteiger partial charge in [-0.1, -0.05) is 43.5 Å². The number of rotatable bonds is 25. The van der Waals surface area contributed by atoms with Crippen molar-refractivity contribution in [1.29, 1.82) is 0 Å². The SMILES string of the molecule is C=C(F)C(=O)OCCCCCCOc1ccc(C(=O)Oc2ccc(OC(=O)c3ccc(OCCCCCCOC(=O)C(=C)F)cc3)c(C(=O)OCc3ccccc3)c2)cc1. The number of unbranched alkanes of at least 4 members (excludes halogenated alkanes) is 6. The van der Waals surface area contributed by atoms with Gasteiger partial charge in [0, 0.05) is 0 Å². The van der Waals surface area contributed by atoms with Crippen LogP contribution in [0.4, 0.5) is 8.78 Å². The van der Waals surface area contributed by atoms with Crippen LogP contribution >= 0.6 is 0 Å². The highest BCUT2D eigenvalue weighted by Gasteiger charge is 2.21. The molecule has 0 aromatic heterocycles. The average molecular weight is 829 g/mol. The van der Waals surface area contributed by atoms with Crippen molar-refractivity contribution in [1.82, 2.24) is 0 Å². The van der Waals surface area contributed by atoms with E-state index in [0.717, 1.165) is 44.1 Å². The summed E-state index contributed by atoms with van der Waals surface area (Å²) in [5.41, 5.74) is 0.980. The Balaban J connectivity index is 1.29. The molecule has 0 spiro atoms. The Kier molecular flexibility index (Phi) is 19.0. The summed E-state index contributed by atoms with van der Waals surface area (Å²) in [4.78, 5) is 61.8. The third-order valence-electron chi connectivity index (χ3n) is 8.50. The van der Waals surface area contributed by atoms with Crippen molar-refractivity contribution < 1.29 is 65.9 Å². The Bertz CT molecular complexity index is 2070. The molecule has 60 heavy (non-hydrogen) atoms. The number of carbonyl (C=O) groups is 5. The van der Waals surface area contributed by atoms with E-state index in [1.165, 1.54) is 42.5 Å². The minimum Gasteiger partial charge on any atom is -0.494 e. The van der Waals surface area contributed by atoms with E-state index in [9.17, 15) is 32.8 Å². The van der Waals surface area contributed by atoms with Gasteiger partial charge in [0.15, 0.2) is 0 Å².